The van der Waals surface area contributed by atoms with E-state index in [1.54, 1.807) is 13.2 Å². The monoisotopic (exact) mass is 407 g/mol. The predicted molar refractivity (Wildman–Crippen MR) is 115 cm³/mol. The Hall–Kier alpha value is -1.59. The Balaban J connectivity index is 0.00000126. The Labute approximate surface area is 171 Å². The summed E-state index contributed by atoms with van der Waals surface area (Å²) in [5, 5.41) is 1.20. The first-order valence-electron chi connectivity index (χ1n) is 9.09. The van der Waals surface area contributed by atoms with Crippen LogP contribution in [0.25, 0.3) is 16.8 Å². The van der Waals surface area contributed by atoms with Gasteiger partial charge in [0.25, 0.3) is 0 Å². The quantitative estimate of drug-likeness (QED) is 0.731. The molecule has 0 radical (unpaired) electrons. The van der Waals surface area contributed by atoms with Crippen LogP contribution in [0.1, 0.15) is 36.4 Å². The van der Waals surface area contributed by atoms with Gasteiger partial charge in [0.15, 0.2) is 0 Å². The van der Waals surface area contributed by atoms with Crippen molar-refractivity contribution < 1.29 is 4.74 Å². The second-order valence-corrected chi connectivity index (χ2v) is 6.91. The van der Waals surface area contributed by atoms with Crippen LogP contribution in [0.2, 0.25) is 10.0 Å². The van der Waals surface area contributed by atoms with Crippen molar-refractivity contribution in [2.75, 3.05) is 20.3 Å². The predicted octanol–water partition coefficient (Wildman–Crippen LogP) is 5.28. The van der Waals surface area contributed by atoms with Crippen molar-refractivity contribution in [2.24, 2.45) is 5.73 Å². The Bertz CT molecular complexity index is 837. The van der Waals surface area contributed by atoms with E-state index in [-0.39, 0.29) is 0 Å². The van der Waals surface area contributed by atoms with Crippen LogP contribution in [-0.2, 0) is 17.8 Å². The molecule has 146 valence electrons. The first kappa shape index (κ1) is 21.7. The highest BCUT2D eigenvalue weighted by Gasteiger charge is 2.30. The lowest BCUT2D eigenvalue weighted by Crippen LogP contribution is -2.20. The Morgan fingerprint density at radius 1 is 1.26 bits per heavy atom. The number of rotatable bonds is 5. The number of benzene rings is 1. The van der Waals surface area contributed by atoms with Gasteiger partial charge in [0.05, 0.1) is 18.8 Å². The number of pyridine rings is 1. The van der Waals surface area contributed by atoms with Crippen LogP contribution < -0.4 is 5.73 Å². The average molecular weight is 408 g/mol. The molecule has 0 saturated heterocycles. The van der Waals surface area contributed by atoms with E-state index < -0.39 is 0 Å². The molecular weight excluding hydrogens is 381 g/mol. The summed E-state index contributed by atoms with van der Waals surface area (Å²) in [6, 6.07) is 5.52. The van der Waals surface area contributed by atoms with E-state index >= 15 is 0 Å². The van der Waals surface area contributed by atoms with Gasteiger partial charge in [-0.2, -0.15) is 0 Å². The Morgan fingerprint density at radius 3 is 2.56 bits per heavy atom. The van der Waals surface area contributed by atoms with Crippen molar-refractivity contribution >= 4 is 28.9 Å². The minimum atomic E-state index is 0.381. The topological polar surface area (TPSA) is 51.4 Å². The fourth-order valence-electron chi connectivity index (χ4n) is 3.32. The summed E-state index contributed by atoms with van der Waals surface area (Å²) in [7, 11) is 1.69. The second-order valence-electron chi connectivity index (χ2n) is 6.06. The van der Waals surface area contributed by atoms with Crippen LogP contribution in [0.3, 0.4) is 0 Å². The van der Waals surface area contributed by atoms with Crippen LogP contribution in [0.5, 0.6) is 0 Å². The van der Waals surface area contributed by atoms with Gasteiger partial charge in [-0.3, -0.25) is 4.98 Å². The van der Waals surface area contributed by atoms with E-state index in [0.717, 1.165) is 45.9 Å². The average Bonchev–Trinajstić information content (AvgIpc) is 2.96. The number of nitrogens with zero attached hydrogens (tertiary/aromatic N) is 2. The molecule has 0 aliphatic carbocycles. The van der Waals surface area contributed by atoms with Gasteiger partial charge in [-0.05, 0) is 24.6 Å². The number of fused-ring (bicyclic) bond motifs is 1. The minimum Gasteiger partial charge on any atom is -0.383 e. The van der Waals surface area contributed by atoms with Gasteiger partial charge in [-0.15, -0.1) is 0 Å². The van der Waals surface area contributed by atoms with Crippen molar-refractivity contribution in [3.05, 3.63) is 57.3 Å². The lowest BCUT2D eigenvalue weighted by Gasteiger charge is -2.20. The molecule has 0 atom stereocenters. The normalized spacial score (nSPS) is 12.7. The molecule has 0 fully saturated rings. The number of hydrogen-bond acceptors (Lipinski definition) is 4. The molecule has 0 bridgehead atoms. The SMILES string of the molecule is C=C1c2c(nc(C)c(CN)c2-c2ccc(Cl)cc2Cl)CN1CCOC.CC. The summed E-state index contributed by atoms with van der Waals surface area (Å²) in [6.07, 6.45) is 0. The molecule has 2 heterocycles. The lowest BCUT2D eigenvalue weighted by atomic mass is 9.92. The Kier molecular flexibility index (Phi) is 7.68. The molecule has 6 heteroatoms. The van der Waals surface area contributed by atoms with Crippen molar-refractivity contribution in [3.63, 3.8) is 0 Å². The van der Waals surface area contributed by atoms with Gasteiger partial charge in [-0.1, -0.05) is 49.7 Å². The minimum absolute atomic E-state index is 0.381. The highest BCUT2D eigenvalue weighted by molar-refractivity contribution is 6.36. The summed E-state index contributed by atoms with van der Waals surface area (Å²) in [5.41, 5.74) is 12.8. The summed E-state index contributed by atoms with van der Waals surface area (Å²) in [5.74, 6) is 0. The molecule has 0 saturated carbocycles. The number of aromatic nitrogens is 1. The lowest BCUT2D eigenvalue weighted by molar-refractivity contribution is 0.173. The highest BCUT2D eigenvalue weighted by Crippen LogP contribution is 2.43. The molecule has 4 nitrogen and oxygen atoms in total. The summed E-state index contributed by atoms with van der Waals surface area (Å²) < 4.78 is 5.21. The van der Waals surface area contributed by atoms with Crippen LogP contribution in [0, 0.1) is 6.92 Å². The van der Waals surface area contributed by atoms with Crippen molar-refractivity contribution in [1.29, 1.82) is 0 Å². The van der Waals surface area contributed by atoms with Crippen molar-refractivity contribution in [1.82, 2.24) is 9.88 Å². The number of aryl methyl sites for hydroxylation is 1. The van der Waals surface area contributed by atoms with E-state index in [2.05, 4.69) is 11.5 Å². The summed E-state index contributed by atoms with van der Waals surface area (Å²) in [4.78, 5) is 6.95. The summed E-state index contributed by atoms with van der Waals surface area (Å²) >= 11 is 12.6. The van der Waals surface area contributed by atoms with Gasteiger partial charge < -0.3 is 15.4 Å². The number of hydrogen-bond donors (Lipinski definition) is 1. The molecule has 1 aliphatic rings. The zero-order chi connectivity index (χ0) is 20.1. The molecule has 0 spiro atoms. The molecule has 3 rings (SSSR count). The van der Waals surface area contributed by atoms with Crippen molar-refractivity contribution in [3.8, 4) is 11.1 Å². The maximum absolute atomic E-state index is 6.51. The number of ether oxygens (including phenoxy) is 1. The van der Waals surface area contributed by atoms with Gasteiger partial charge in [0, 0.05) is 58.3 Å². The van der Waals surface area contributed by atoms with E-state index in [0.29, 0.717) is 29.7 Å². The molecular formula is C21H27Cl2N3O. The van der Waals surface area contributed by atoms with Gasteiger partial charge in [0.1, 0.15) is 0 Å². The third-order valence-electron chi connectivity index (χ3n) is 4.56. The smallest absolute Gasteiger partial charge is 0.0699 e. The largest absolute Gasteiger partial charge is 0.383 e. The molecule has 1 aromatic carbocycles. The number of nitrogens with two attached hydrogens (primary N) is 1. The molecule has 2 N–H and O–H groups in total. The van der Waals surface area contributed by atoms with E-state index in [4.69, 9.17) is 38.7 Å². The number of methoxy groups -OCH3 is 1. The fraction of sp³-hybridized carbons (Fsp3) is 0.381. The molecule has 0 unspecified atom stereocenters. The van der Waals surface area contributed by atoms with E-state index in [1.807, 2.05) is 32.9 Å². The fourth-order valence-corrected chi connectivity index (χ4v) is 3.82. The zero-order valence-electron chi connectivity index (χ0n) is 16.4. The molecule has 27 heavy (non-hydrogen) atoms. The van der Waals surface area contributed by atoms with Gasteiger partial charge in [0.2, 0.25) is 0 Å². The molecule has 1 aromatic heterocycles. The van der Waals surface area contributed by atoms with E-state index in [1.165, 1.54) is 0 Å². The standard InChI is InChI=1S/C19H21Cl2N3O.C2H6/c1-11-15(9-22)19(14-5-4-13(20)8-16(14)21)18-12(2)24(6-7-25-3)10-17(18)23-11;1-2/h4-5,8H,2,6-7,9-10,22H2,1,3H3;1-2H3. The highest BCUT2D eigenvalue weighted by atomic mass is 35.5. The van der Waals surface area contributed by atoms with Crippen LogP contribution in [-0.4, -0.2) is 30.1 Å². The van der Waals surface area contributed by atoms with E-state index in [9.17, 15) is 0 Å². The summed E-state index contributed by atoms with van der Waals surface area (Å²) in [6.45, 7) is 12.8. The molecule has 0 amide bonds. The second kappa shape index (κ2) is 9.56. The zero-order valence-corrected chi connectivity index (χ0v) is 17.9. The van der Waals surface area contributed by atoms with Crippen molar-refractivity contribution in [2.45, 2.75) is 33.9 Å². The first-order chi connectivity index (χ1) is 13.0. The van der Waals surface area contributed by atoms with Gasteiger partial charge in [-0.25, -0.2) is 0 Å². The van der Waals surface area contributed by atoms with Crippen LogP contribution >= 0.6 is 23.2 Å². The van der Waals surface area contributed by atoms with Crippen LogP contribution in [0.4, 0.5) is 0 Å². The first-order valence-corrected chi connectivity index (χ1v) is 9.84. The molecule has 1 aliphatic heterocycles. The molecule has 2 aromatic rings. The third kappa shape index (κ3) is 4.30. The number of halogens is 2. The van der Waals surface area contributed by atoms with Crippen LogP contribution in [0.15, 0.2) is 24.8 Å². The Morgan fingerprint density at radius 2 is 1.96 bits per heavy atom. The third-order valence-corrected chi connectivity index (χ3v) is 5.11. The van der Waals surface area contributed by atoms with Gasteiger partial charge >= 0.3 is 0 Å². The maximum Gasteiger partial charge on any atom is 0.0699 e. The maximum atomic E-state index is 6.51.